The van der Waals surface area contributed by atoms with E-state index in [-0.39, 0.29) is 27.8 Å². The monoisotopic (exact) mass is 546 g/mol. The Morgan fingerprint density at radius 1 is 1.13 bits per heavy atom. The number of rotatable bonds is 6. The van der Waals surface area contributed by atoms with Crippen molar-refractivity contribution in [2.75, 3.05) is 17.2 Å². The van der Waals surface area contributed by atoms with Gasteiger partial charge in [0.1, 0.15) is 18.5 Å². The summed E-state index contributed by atoms with van der Waals surface area (Å²) in [5.41, 5.74) is 0.772. The number of ether oxygens (including phenoxy) is 3. The van der Waals surface area contributed by atoms with Gasteiger partial charge in [-0.05, 0) is 39.0 Å². The number of amides is 3. The number of urea groups is 1. The Bertz CT molecular complexity index is 1510. The van der Waals surface area contributed by atoms with Gasteiger partial charge in [-0.25, -0.2) is 33.3 Å². The molecule has 202 valence electrons. The standard InChI is InChI=1S/C22H26N8O7S/c1-4-24-19(31)15-14-16(37-22(2,3)36-14)20(35-15)30-10-27-13-17(25-9-26-18(13)30)29-21(32)28-11-6-5-7-12(8-11)38(23,33)34/h5-10,14-16,20H,4H2,1-3H3,(H,24,31)(H2,23,33,34)(H2,25,26,28,29,32)/t14?,15-,16?,20+/m0/s1. The van der Waals surface area contributed by atoms with Crippen molar-refractivity contribution in [1.29, 1.82) is 0 Å². The summed E-state index contributed by atoms with van der Waals surface area (Å²) in [7, 11) is -3.94. The molecule has 2 unspecified atom stereocenters. The van der Waals surface area contributed by atoms with Gasteiger partial charge in [0.2, 0.25) is 10.0 Å². The fourth-order valence-corrected chi connectivity index (χ4v) is 5.00. The molecule has 2 fully saturated rings. The third-order valence-electron chi connectivity index (χ3n) is 5.92. The van der Waals surface area contributed by atoms with Crippen molar-refractivity contribution in [2.45, 2.75) is 56.0 Å². The maximum absolute atomic E-state index is 12.7. The minimum atomic E-state index is -3.94. The zero-order valence-electron chi connectivity index (χ0n) is 20.6. The number of carbonyl (C=O) groups excluding carboxylic acids is 2. The van der Waals surface area contributed by atoms with E-state index in [0.29, 0.717) is 12.2 Å². The number of fused-ring (bicyclic) bond motifs is 2. The van der Waals surface area contributed by atoms with Crippen LogP contribution >= 0.6 is 0 Å². The van der Waals surface area contributed by atoms with Crippen LogP contribution in [0, 0.1) is 0 Å². The minimum Gasteiger partial charge on any atom is -0.354 e. The zero-order valence-corrected chi connectivity index (χ0v) is 21.4. The molecule has 4 heterocycles. The van der Waals surface area contributed by atoms with Crippen LogP contribution < -0.4 is 21.1 Å². The number of sulfonamides is 1. The largest absolute Gasteiger partial charge is 0.354 e. The van der Waals surface area contributed by atoms with E-state index < -0.39 is 46.4 Å². The van der Waals surface area contributed by atoms with Gasteiger partial charge in [-0.1, -0.05) is 6.07 Å². The molecule has 0 saturated carbocycles. The molecule has 3 amide bonds. The van der Waals surface area contributed by atoms with Crippen LogP contribution in [0.4, 0.5) is 16.3 Å². The van der Waals surface area contributed by atoms with Gasteiger partial charge in [-0.15, -0.1) is 0 Å². The van der Waals surface area contributed by atoms with Crippen LogP contribution in [0.25, 0.3) is 11.2 Å². The van der Waals surface area contributed by atoms with Crippen molar-refractivity contribution in [3.63, 3.8) is 0 Å². The first-order valence-electron chi connectivity index (χ1n) is 11.6. The Kier molecular flexibility index (Phi) is 6.52. The SMILES string of the molecule is CCNC(=O)[C@H]1O[C@@H](n2cnc3c(NC(=O)Nc4cccc(S(N)(=O)=O)c4)ncnc32)C2OC(C)(C)OC21. The van der Waals surface area contributed by atoms with Crippen molar-refractivity contribution in [1.82, 2.24) is 24.8 Å². The van der Waals surface area contributed by atoms with Gasteiger partial charge < -0.3 is 24.8 Å². The lowest BCUT2D eigenvalue weighted by Gasteiger charge is -2.24. The van der Waals surface area contributed by atoms with Crippen LogP contribution in [0.1, 0.15) is 27.0 Å². The Morgan fingerprint density at radius 3 is 2.63 bits per heavy atom. The number of nitrogens with zero attached hydrogens (tertiary/aromatic N) is 4. The molecular formula is C22H26N8O7S. The Hall–Kier alpha value is -3.70. The highest BCUT2D eigenvalue weighted by atomic mass is 32.2. The van der Waals surface area contributed by atoms with E-state index in [1.807, 2.05) is 0 Å². The van der Waals surface area contributed by atoms with Crippen molar-refractivity contribution in [3.05, 3.63) is 36.9 Å². The Labute approximate surface area is 217 Å². The molecule has 2 saturated heterocycles. The van der Waals surface area contributed by atoms with Crippen LogP contribution in [0.2, 0.25) is 0 Å². The fraction of sp³-hybridized carbons (Fsp3) is 0.409. The molecule has 5 N–H and O–H groups in total. The van der Waals surface area contributed by atoms with Crippen molar-refractivity contribution >= 4 is 44.6 Å². The summed E-state index contributed by atoms with van der Waals surface area (Å²) in [5, 5.41) is 13.0. The molecule has 15 nitrogen and oxygen atoms in total. The predicted octanol–water partition coefficient (Wildman–Crippen LogP) is 0.671. The molecule has 0 aliphatic carbocycles. The first-order chi connectivity index (χ1) is 18.0. The number of nitrogens with one attached hydrogen (secondary N) is 3. The summed E-state index contributed by atoms with van der Waals surface area (Å²) >= 11 is 0. The summed E-state index contributed by atoms with van der Waals surface area (Å²) in [4.78, 5) is 37.9. The summed E-state index contributed by atoms with van der Waals surface area (Å²) in [5.74, 6) is -1.16. The van der Waals surface area contributed by atoms with Crippen molar-refractivity contribution in [2.24, 2.45) is 5.14 Å². The van der Waals surface area contributed by atoms with Crippen LogP contribution in [-0.2, 0) is 29.0 Å². The number of aromatic nitrogens is 4. The molecule has 16 heteroatoms. The number of imidazole rings is 1. The first kappa shape index (κ1) is 25.9. The smallest absolute Gasteiger partial charge is 0.324 e. The summed E-state index contributed by atoms with van der Waals surface area (Å²) in [6, 6.07) is 4.78. The Balaban J connectivity index is 1.39. The average Bonchev–Trinajstić information content (AvgIpc) is 3.50. The molecule has 4 atom stereocenters. The predicted molar refractivity (Wildman–Crippen MR) is 132 cm³/mol. The number of hydrogen-bond donors (Lipinski definition) is 4. The molecule has 3 aromatic rings. The molecule has 2 aliphatic heterocycles. The van der Waals surface area contributed by atoms with Crippen molar-refractivity contribution in [3.8, 4) is 0 Å². The maximum Gasteiger partial charge on any atom is 0.324 e. The molecule has 0 spiro atoms. The highest BCUT2D eigenvalue weighted by Gasteiger charge is 2.58. The van der Waals surface area contributed by atoms with Gasteiger partial charge in [0.15, 0.2) is 35.1 Å². The van der Waals surface area contributed by atoms with Gasteiger partial charge in [0, 0.05) is 12.2 Å². The van der Waals surface area contributed by atoms with Gasteiger partial charge in [0.05, 0.1) is 11.2 Å². The number of likely N-dealkylation sites (N-methyl/N-ethyl adjacent to an activating group) is 1. The van der Waals surface area contributed by atoms with Gasteiger partial charge in [-0.2, -0.15) is 0 Å². The van der Waals surface area contributed by atoms with Gasteiger partial charge >= 0.3 is 6.03 Å². The highest BCUT2D eigenvalue weighted by molar-refractivity contribution is 7.89. The highest BCUT2D eigenvalue weighted by Crippen LogP contribution is 2.44. The van der Waals surface area contributed by atoms with Crippen LogP contribution in [-0.4, -0.2) is 70.5 Å². The third-order valence-corrected chi connectivity index (χ3v) is 6.83. The van der Waals surface area contributed by atoms with Crippen LogP contribution in [0.3, 0.4) is 0 Å². The van der Waals surface area contributed by atoms with E-state index in [1.165, 1.54) is 36.9 Å². The average molecular weight is 547 g/mol. The summed E-state index contributed by atoms with van der Waals surface area (Å²) < 4.78 is 42.9. The van der Waals surface area contributed by atoms with Crippen LogP contribution in [0.5, 0.6) is 0 Å². The third kappa shape index (κ3) is 4.91. The van der Waals surface area contributed by atoms with Crippen LogP contribution in [0.15, 0.2) is 41.8 Å². The number of nitrogens with two attached hydrogens (primary N) is 1. The van der Waals surface area contributed by atoms with Gasteiger partial charge in [-0.3, -0.25) is 14.7 Å². The molecule has 2 aromatic heterocycles. The molecule has 5 rings (SSSR count). The quantitative estimate of drug-likeness (QED) is 0.340. The topological polar surface area (TPSA) is 202 Å². The molecular weight excluding hydrogens is 520 g/mol. The molecule has 0 bridgehead atoms. The van der Waals surface area contributed by atoms with E-state index in [2.05, 4.69) is 30.9 Å². The normalized spacial score (nSPS) is 24.2. The Morgan fingerprint density at radius 2 is 1.89 bits per heavy atom. The number of primary sulfonamides is 1. The number of hydrogen-bond acceptors (Lipinski definition) is 10. The summed E-state index contributed by atoms with van der Waals surface area (Å²) in [6.45, 7) is 5.74. The number of benzene rings is 1. The van der Waals surface area contributed by atoms with Gasteiger partial charge in [0.25, 0.3) is 5.91 Å². The number of carbonyl (C=O) groups is 2. The molecule has 2 aliphatic rings. The maximum atomic E-state index is 12.7. The lowest BCUT2D eigenvalue weighted by molar-refractivity contribution is -0.197. The molecule has 0 radical (unpaired) electrons. The van der Waals surface area contributed by atoms with Crippen molar-refractivity contribution < 1.29 is 32.2 Å². The second-order valence-electron chi connectivity index (χ2n) is 9.10. The second kappa shape index (κ2) is 9.55. The molecule has 1 aromatic carbocycles. The first-order valence-corrected chi connectivity index (χ1v) is 13.2. The summed E-state index contributed by atoms with van der Waals surface area (Å²) in [6.07, 6.45) is -0.303. The number of anilines is 2. The minimum absolute atomic E-state index is 0.0904. The van der Waals surface area contributed by atoms with E-state index in [1.54, 1.807) is 25.3 Å². The van der Waals surface area contributed by atoms with E-state index >= 15 is 0 Å². The zero-order chi connectivity index (χ0) is 27.2. The lowest BCUT2D eigenvalue weighted by Crippen LogP contribution is -2.42. The molecule has 38 heavy (non-hydrogen) atoms. The van der Waals surface area contributed by atoms with E-state index in [0.717, 1.165) is 0 Å². The second-order valence-corrected chi connectivity index (χ2v) is 10.7. The van der Waals surface area contributed by atoms with E-state index in [4.69, 9.17) is 19.3 Å². The fourth-order valence-electron chi connectivity index (χ4n) is 4.44. The lowest BCUT2D eigenvalue weighted by atomic mass is 10.1. The van der Waals surface area contributed by atoms with E-state index in [9.17, 15) is 18.0 Å².